The lowest BCUT2D eigenvalue weighted by molar-refractivity contribution is 0.0919. The molecule has 1 unspecified atom stereocenters. The smallest absolute Gasteiger partial charge is 0.186 e. The third kappa shape index (κ3) is 1.55. The Hall–Kier alpha value is -1.23. The van der Waals surface area contributed by atoms with Gasteiger partial charge in [-0.2, -0.15) is 0 Å². The summed E-state index contributed by atoms with van der Waals surface area (Å²) in [6.45, 7) is 4.37. The quantitative estimate of drug-likeness (QED) is 0.693. The summed E-state index contributed by atoms with van der Waals surface area (Å²) in [4.78, 5) is 11.9. The largest absolute Gasteiger partial charge is 0.316 e. The fraction of sp³-hybridized carbons (Fsp3) is 0.667. The number of hydrogen-bond acceptors (Lipinski definition) is 4. The van der Waals surface area contributed by atoms with Gasteiger partial charge >= 0.3 is 0 Å². The fourth-order valence-corrected chi connectivity index (χ4v) is 1.77. The van der Waals surface area contributed by atoms with Gasteiger partial charge in [-0.15, -0.1) is 5.10 Å². The average Bonchev–Trinajstić information content (AvgIpc) is 2.87. The monoisotopic (exact) mass is 194 g/mol. The normalized spacial score (nSPS) is 21.4. The minimum Gasteiger partial charge on any atom is -0.316 e. The van der Waals surface area contributed by atoms with Crippen molar-refractivity contribution in [3.05, 3.63) is 11.9 Å². The maximum atomic E-state index is 11.9. The zero-order valence-corrected chi connectivity index (χ0v) is 8.23. The number of aryl methyl sites for hydroxylation is 1. The van der Waals surface area contributed by atoms with Crippen LogP contribution < -0.4 is 5.32 Å². The van der Waals surface area contributed by atoms with Crippen molar-refractivity contribution in [1.82, 2.24) is 20.3 Å². The molecule has 5 nitrogen and oxygen atoms in total. The maximum Gasteiger partial charge on any atom is 0.186 e. The molecule has 1 aliphatic heterocycles. The van der Waals surface area contributed by atoms with Gasteiger partial charge in [-0.1, -0.05) is 5.21 Å². The zero-order valence-electron chi connectivity index (χ0n) is 8.23. The molecule has 1 fully saturated rings. The van der Waals surface area contributed by atoms with Crippen LogP contribution in [0.25, 0.3) is 0 Å². The first-order chi connectivity index (χ1) is 6.83. The second-order valence-electron chi connectivity index (χ2n) is 3.49. The number of Topliss-reactive ketones (excluding diaryl/α,β-unsaturated/α-hetero) is 1. The molecule has 2 heterocycles. The lowest BCUT2D eigenvalue weighted by Gasteiger charge is -2.07. The number of rotatable bonds is 3. The number of nitrogens with zero attached hydrogens (tertiary/aromatic N) is 3. The Morgan fingerprint density at radius 2 is 2.64 bits per heavy atom. The molecule has 0 amide bonds. The van der Waals surface area contributed by atoms with Gasteiger partial charge in [-0.3, -0.25) is 4.79 Å². The lowest BCUT2D eigenvalue weighted by atomic mass is 10.0. The number of hydrogen-bond donors (Lipinski definition) is 1. The van der Waals surface area contributed by atoms with Crippen LogP contribution >= 0.6 is 0 Å². The Morgan fingerprint density at radius 3 is 3.29 bits per heavy atom. The number of carbonyl (C=O) groups excluding carboxylic acids is 1. The van der Waals surface area contributed by atoms with E-state index < -0.39 is 0 Å². The molecular weight excluding hydrogens is 180 g/mol. The van der Waals surface area contributed by atoms with Gasteiger partial charge in [-0.05, 0) is 19.9 Å². The Kier molecular flexibility index (Phi) is 2.58. The highest BCUT2D eigenvalue weighted by molar-refractivity contribution is 5.96. The van der Waals surface area contributed by atoms with Gasteiger partial charge < -0.3 is 5.32 Å². The molecule has 14 heavy (non-hydrogen) atoms. The van der Waals surface area contributed by atoms with Gasteiger partial charge in [0.25, 0.3) is 0 Å². The molecule has 0 aliphatic carbocycles. The van der Waals surface area contributed by atoms with E-state index in [9.17, 15) is 4.79 Å². The highest BCUT2D eigenvalue weighted by atomic mass is 16.1. The predicted molar refractivity (Wildman–Crippen MR) is 51.0 cm³/mol. The van der Waals surface area contributed by atoms with Crippen molar-refractivity contribution in [3.63, 3.8) is 0 Å². The highest BCUT2D eigenvalue weighted by Crippen LogP contribution is 2.14. The summed E-state index contributed by atoms with van der Waals surface area (Å²) in [5.41, 5.74) is 0.640. The molecule has 1 N–H and O–H groups in total. The Balaban J connectivity index is 2.17. The number of carbonyl (C=O) groups is 1. The predicted octanol–water partition coefficient (Wildman–Crippen LogP) is 0.0902. The number of nitrogens with one attached hydrogen (secondary N) is 1. The van der Waals surface area contributed by atoms with Gasteiger partial charge in [0.05, 0.1) is 6.20 Å². The standard InChI is InChI=1S/C9H14N4O/c1-2-13-8(6-11-12-13)9(14)7-3-4-10-5-7/h6-7,10H,2-5H2,1H3. The first kappa shape index (κ1) is 9.33. The van der Waals surface area contributed by atoms with Crippen LogP contribution in [0, 0.1) is 5.92 Å². The molecule has 0 radical (unpaired) electrons. The molecule has 1 aromatic heterocycles. The highest BCUT2D eigenvalue weighted by Gasteiger charge is 2.26. The fourth-order valence-electron chi connectivity index (χ4n) is 1.77. The first-order valence-corrected chi connectivity index (χ1v) is 4.96. The SMILES string of the molecule is CCn1nncc1C(=O)C1CCNC1. The van der Waals surface area contributed by atoms with E-state index in [0.717, 1.165) is 19.5 Å². The molecular formula is C9H14N4O. The zero-order chi connectivity index (χ0) is 9.97. The molecule has 1 aliphatic rings. The van der Waals surface area contributed by atoms with E-state index in [1.807, 2.05) is 6.92 Å². The summed E-state index contributed by atoms with van der Waals surface area (Å²) in [6.07, 6.45) is 2.48. The molecule has 76 valence electrons. The van der Waals surface area contributed by atoms with Crippen LogP contribution in [-0.2, 0) is 6.54 Å². The molecule has 0 bridgehead atoms. The van der Waals surface area contributed by atoms with E-state index in [1.54, 1.807) is 10.9 Å². The summed E-state index contributed by atoms with van der Waals surface area (Å²) in [7, 11) is 0. The first-order valence-electron chi connectivity index (χ1n) is 4.96. The molecule has 1 atom stereocenters. The average molecular weight is 194 g/mol. The van der Waals surface area contributed by atoms with Crippen LogP contribution in [-0.4, -0.2) is 33.9 Å². The topological polar surface area (TPSA) is 59.8 Å². The van der Waals surface area contributed by atoms with Gasteiger partial charge in [-0.25, -0.2) is 4.68 Å². The lowest BCUT2D eigenvalue weighted by Crippen LogP contribution is -2.21. The van der Waals surface area contributed by atoms with E-state index in [0.29, 0.717) is 12.2 Å². The Labute approximate surface area is 82.5 Å². The van der Waals surface area contributed by atoms with Gasteiger partial charge in [0.2, 0.25) is 0 Å². The van der Waals surface area contributed by atoms with Crippen LogP contribution in [0.3, 0.4) is 0 Å². The van der Waals surface area contributed by atoms with Crippen LogP contribution in [0.5, 0.6) is 0 Å². The van der Waals surface area contributed by atoms with Crippen molar-refractivity contribution in [2.45, 2.75) is 19.9 Å². The van der Waals surface area contributed by atoms with Crippen LogP contribution in [0.1, 0.15) is 23.8 Å². The van der Waals surface area contributed by atoms with E-state index >= 15 is 0 Å². The van der Waals surface area contributed by atoms with Crippen LogP contribution in [0.15, 0.2) is 6.20 Å². The molecule has 5 heteroatoms. The van der Waals surface area contributed by atoms with Crippen molar-refractivity contribution < 1.29 is 4.79 Å². The Bertz CT molecular complexity index is 327. The van der Waals surface area contributed by atoms with Crippen molar-refractivity contribution >= 4 is 5.78 Å². The van der Waals surface area contributed by atoms with Crippen molar-refractivity contribution in [2.75, 3.05) is 13.1 Å². The van der Waals surface area contributed by atoms with E-state index in [-0.39, 0.29) is 11.7 Å². The van der Waals surface area contributed by atoms with E-state index in [1.165, 1.54) is 0 Å². The molecule has 1 aromatic rings. The summed E-state index contributed by atoms with van der Waals surface area (Å²) in [6, 6.07) is 0. The van der Waals surface area contributed by atoms with Gasteiger partial charge in [0.15, 0.2) is 5.78 Å². The van der Waals surface area contributed by atoms with Crippen LogP contribution in [0.2, 0.25) is 0 Å². The third-order valence-corrected chi connectivity index (χ3v) is 2.60. The second-order valence-corrected chi connectivity index (χ2v) is 3.49. The summed E-state index contributed by atoms with van der Waals surface area (Å²) < 4.78 is 1.65. The van der Waals surface area contributed by atoms with E-state index in [2.05, 4.69) is 15.6 Å². The maximum absolute atomic E-state index is 11.9. The number of aromatic nitrogens is 3. The van der Waals surface area contributed by atoms with Crippen molar-refractivity contribution in [2.24, 2.45) is 5.92 Å². The second kappa shape index (κ2) is 3.88. The summed E-state index contributed by atoms with van der Waals surface area (Å²) in [5, 5.41) is 10.8. The van der Waals surface area contributed by atoms with Crippen LogP contribution in [0.4, 0.5) is 0 Å². The third-order valence-electron chi connectivity index (χ3n) is 2.60. The van der Waals surface area contributed by atoms with Gasteiger partial charge in [0, 0.05) is 19.0 Å². The summed E-state index contributed by atoms with van der Waals surface area (Å²) in [5.74, 6) is 0.278. The molecule has 2 rings (SSSR count). The number of ketones is 1. The summed E-state index contributed by atoms with van der Waals surface area (Å²) >= 11 is 0. The van der Waals surface area contributed by atoms with Crippen molar-refractivity contribution in [1.29, 1.82) is 0 Å². The van der Waals surface area contributed by atoms with Gasteiger partial charge in [0.1, 0.15) is 5.69 Å². The minimum absolute atomic E-state index is 0.110. The van der Waals surface area contributed by atoms with E-state index in [4.69, 9.17) is 0 Å². The molecule has 1 saturated heterocycles. The molecule has 0 aromatic carbocycles. The molecule has 0 spiro atoms. The Morgan fingerprint density at radius 1 is 1.79 bits per heavy atom. The van der Waals surface area contributed by atoms with Crippen molar-refractivity contribution in [3.8, 4) is 0 Å². The molecule has 0 saturated carbocycles. The minimum atomic E-state index is 0.110.